The molecule has 1 N–H and O–H groups in total. The molecular weight excluding hydrogens is 246 g/mol. The number of rotatable bonds is 6. The van der Waals surface area contributed by atoms with Crippen LogP contribution in [0.4, 0.5) is 0 Å². The Hall–Kier alpha value is -1.71. The van der Waals surface area contributed by atoms with Crippen molar-refractivity contribution >= 4 is 0 Å². The number of aromatic nitrogens is 1. The zero-order valence-electron chi connectivity index (χ0n) is 12.6. The van der Waals surface area contributed by atoms with Gasteiger partial charge in [0.05, 0.1) is 11.4 Å². The summed E-state index contributed by atoms with van der Waals surface area (Å²) in [7, 11) is 4.08. The Labute approximate surface area is 121 Å². The monoisotopic (exact) mass is 269 g/mol. The topological polar surface area (TPSA) is 28.2 Å². The van der Waals surface area contributed by atoms with Crippen molar-refractivity contribution in [1.29, 1.82) is 0 Å². The highest BCUT2D eigenvalue weighted by Crippen LogP contribution is 2.11. The summed E-state index contributed by atoms with van der Waals surface area (Å²) in [6.07, 6.45) is 0. The molecule has 2 rings (SSSR count). The van der Waals surface area contributed by atoms with Crippen LogP contribution in [0.15, 0.2) is 42.5 Å². The van der Waals surface area contributed by atoms with Crippen molar-refractivity contribution in [1.82, 2.24) is 15.2 Å². The molecule has 3 heteroatoms. The van der Waals surface area contributed by atoms with E-state index in [0.29, 0.717) is 0 Å². The smallest absolute Gasteiger partial charge is 0.0547 e. The second-order valence-electron chi connectivity index (χ2n) is 5.25. The number of hydrogen-bond donors (Lipinski definition) is 1. The number of benzene rings is 1. The third kappa shape index (κ3) is 4.15. The van der Waals surface area contributed by atoms with Gasteiger partial charge in [0, 0.05) is 19.6 Å². The molecular formula is C17H23N3. The average molecular weight is 269 g/mol. The van der Waals surface area contributed by atoms with E-state index in [4.69, 9.17) is 0 Å². The molecule has 0 aliphatic rings. The van der Waals surface area contributed by atoms with E-state index in [0.717, 1.165) is 31.0 Å². The minimum absolute atomic E-state index is 0.815. The molecule has 0 unspecified atom stereocenters. The summed E-state index contributed by atoms with van der Waals surface area (Å²) >= 11 is 0. The first kappa shape index (κ1) is 14.7. The van der Waals surface area contributed by atoms with Gasteiger partial charge >= 0.3 is 0 Å². The van der Waals surface area contributed by atoms with Crippen molar-refractivity contribution in [3.63, 3.8) is 0 Å². The van der Waals surface area contributed by atoms with Gasteiger partial charge in [-0.05, 0) is 44.3 Å². The Kier molecular flexibility index (Phi) is 5.27. The van der Waals surface area contributed by atoms with Gasteiger partial charge in [-0.1, -0.05) is 30.3 Å². The summed E-state index contributed by atoms with van der Waals surface area (Å²) in [6.45, 7) is 4.79. The fourth-order valence-electron chi connectivity index (χ4n) is 2.31. The van der Waals surface area contributed by atoms with E-state index >= 15 is 0 Å². The molecule has 0 radical (unpaired) electrons. The molecule has 1 aromatic carbocycles. The lowest BCUT2D eigenvalue weighted by atomic mass is 10.1. The first-order chi connectivity index (χ1) is 9.69. The summed E-state index contributed by atoms with van der Waals surface area (Å²) in [4.78, 5) is 6.96. The van der Waals surface area contributed by atoms with Crippen LogP contribution >= 0.6 is 0 Å². The van der Waals surface area contributed by atoms with Crippen molar-refractivity contribution in [3.8, 4) is 0 Å². The van der Waals surface area contributed by atoms with Crippen LogP contribution in [-0.4, -0.2) is 24.0 Å². The Morgan fingerprint density at radius 2 is 1.75 bits per heavy atom. The summed E-state index contributed by atoms with van der Waals surface area (Å²) in [5.41, 5.74) is 4.93. The van der Waals surface area contributed by atoms with Crippen molar-refractivity contribution in [2.75, 3.05) is 14.1 Å². The van der Waals surface area contributed by atoms with Crippen molar-refractivity contribution < 1.29 is 0 Å². The normalized spacial score (nSPS) is 11.0. The Morgan fingerprint density at radius 3 is 2.50 bits per heavy atom. The molecule has 1 aromatic heterocycles. The van der Waals surface area contributed by atoms with E-state index in [1.165, 1.54) is 11.1 Å². The second kappa shape index (κ2) is 7.17. The van der Waals surface area contributed by atoms with Crippen LogP contribution in [0.1, 0.15) is 22.5 Å². The molecule has 20 heavy (non-hydrogen) atoms. The minimum Gasteiger partial charge on any atom is -0.314 e. The Bertz CT molecular complexity index is 551. The van der Waals surface area contributed by atoms with Crippen LogP contribution < -0.4 is 5.32 Å². The summed E-state index contributed by atoms with van der Waals surface area (Å²) in [5.74, 6) is 0. The maximum atomic E-state index is 4.66. The predicted octanol–water partition coefficient (Wildman–Crippen LogP) is 2.74. The predicted molar refractivity (Wildman–Crippen MR) is 83.4 cm³/mol. The van der Waals surface area contributed by atoms with Gasteiger partial charge in [-0.25, -0.2) is 0 Å². The second-order valence-corrected chi connectivity index (χ2v) is 5.25. The molecule has 1 heterocycles. The van der Waals surface area contributed by atoms with E-state index in [1.54, 1.807) is 0 Å². The molecule has 0 amide bonds. The number of nitrogens with zero attached hydrogens (tertiary/aromatic N) is 2. The average Bonchev–Trinajstić information content (AvgIpc) is 2.42. The van der Waals surface area contributed by atoms with Crippen LogP contribution in [0.25, 0.3) is 0 Å². The number of pyridine rings is 1. The van der Waals surface area contributed by atoms with Crippen LogP contribution in [0.2, 0.25) is 0 Å². The van der Waals surface area contributed by atoms with Gasteiger partial charge in [0.25, 0.3) is 0 Å². The first-order valence-electron chi connectivity index (χ1n) is 7.01. The summed E-state index contributed by atoms with van der Waals surface area (Å²) < 4.78 is 0. The van der Waals surface area contributed by atoms with Gasteiger partial charge in [-0.15, -0.1) is 0 Å². The van der Waals surface area contributed by atoms with E-state index < -0.39 is 0 Å². The molecule has 0 atom stereocenters. The Morgan fingerprint density at radius 1 is 1.00 bits per heavy atom. The van der Waals surface area contributed by atoms with Crippen LogP contribution in [-0.2, 0) is 19.6 Å². The third-order valence-corrected chi connectivity index (χ3v) is 3.36. The molecule has 2 aromatic rings. The summed E-state index contributed by atoms with van der Waals surface area (Å²) in [5, 5.41) is 3.14. The Balaban J connectivity index is 1.99. The maximum absolute atomic E-state index is 4.66. The third-order valence-electron chi connectivity index (χ3n) is 3.36. The fraction of sp³-hybridized carbons (Fsp3) is 0.353. The zero-order chi connectivity index (χ0) is 14.4. The first-order valence-corrected chi connectivity index (χ1v) is 7.01. The molecule has 0 spiro atoms. The highest BCUT2D eigenvalue weighted by Gasteiger charge is 2.05. The molecule has 0 fully saturated rings. The molecule has 0 saturated carbocycles. The number of hydrogen-bond acceptors (Lipinski definition) is 3. The highest BCUT2D eigenvalue weighted by atomic mass is 15.1. The molecule has 0 saturated heterocycles. The fourth-order valence-corrected chi connectivity index (χ4v) is 2.31. The highest BCUT2D eigenvalue weighted by molar-refractivity contribution is 5.25. The number of aryl methyl sites for hydroxylation is 1. The van der Waals surface area contributed by atoms with E-state index in [9.17, 15) is 0 Å². The van der Waals surface area contributed by atoms with Crippen molar-refractivity contribution in [2.24, 2.45) is 0 Å². The quantitative estimate of drug-likeness (QED) is 0.874. The van der Waals surface area contributed by atoms with Crippen LogP contribution in [0.3, 0.4) is 0 Å². The molecule has 106 valence electrons. The van der Waals surface area contributed by atoms with E-state index in [1.807, 2.05) is 7.05 Å². The van der Waals surface area contributed by atoms with Gasteiger partial charge in [0.15, 0.2) is 0 Å². The SMILES string of the molecule is CNCc1cccc(CN(C)Cc2ccccc2C)n1. The maximum Gasteiger partial charge on any atom is 0.0547 e. The lowest BCUT2D eigenvalue weighted by Crippen LogP contribution is -2.19. The molecule has 0 aliphatic heterocycles. The standard InChI is InChI=1S/C17H23N3/c1-14-7-4-5-8-15(14)12-20(3)13-17-10-6-9-16(19-17)11-18-2/h4-10,18H,11-13H2,1-3H3. The molecule has 0 aliphatic carbocycles. The van der Waals surface area contributed by atoms with Crippen LogP contribution in [0, 0.1) is 6.92 Å². The van der Waals surface area contributed by atoms with Crippen LogP contribution in [0.5, 0.6) is 0 Å². The minimum atomic E-state index is 0.815. The lowest BCUT2D eigenvalue weighted by molar-refractivity contribution is 0.314. The molecule has 0 bridgehead atoms. The van der Waals surface area contributed by atoms with Gasteiger partial charge < -0.3 is 5.32 Å². The number of nitrogens with one attached hydrogen (secondary N) is 1. The molecule has 3 nitrogen and oxygen atoms in total. The van der Waals surface area contributed by atoms with Gasteiger partial charge in [-0.3, -0.25) is 9.88 Å². The summed E-state index contributed by atoms with van der Waals surface area (Å²) in [6, 6.07) is 14.8. The van der Waals surface area contributed by atoms with Crippen molar-refractivity contribution in [3.05, 3.63) is 65.0 Å². The van der Waals surface area contributed by atoms with Gasteiger partial charge in [0.2, 0.25) is 0 Å². The van der Waals surface area contributed by atoms with E-state index in [2.05, 4.69) is 71.6 Å². The van der Waals surface area contributed by atoms with E-state index in [-0.39, 0.29) is 0 Å². The lowest BCUT2D eigenvalue weighted by Gasteiger charge is -2.18. The largest absolute Gasteiger partial charge is 0.314 e. The van der Waals surface area contributed by atoms with Crippen molar-refractivity contribution in [2.45, 2.75) is 26.6 Å². The van der Waals surface area contributed by atoms with Gasteiger partial charge in [-0.2, -0.15) is 0 Å². The van der Waals surface area contributed by atoms with Gasteiger partial charge in [0.1, 0.15) is 0 Å². The zero-order valence-corrected chi connectivity index (χ0v) is 12.6.